The quantitative estimate of drug-likeness (QED) is 0.615. The van der Waals surface area contributed by atoms with Gasteiger partial charge in [-0.05, 0) is 36.7 Å². The summed E-state index contributed by atoms with van der Waals surface area (Å²) in [6, 6.07) is 6.52. The van der Waals surface area contributed by atoms with E-state index in [1.165, 1.54) is 0 Å². The van der Waals surface area contributed by atoms with Gasteiger partial charge < -0.3 is 20.9 Å². The molecule has 2 fully saturated rings. The molecule has 0 spiro atoms. The minimum Gasteiger partial charge on any atom is -0.481 e. The number of carbonyl (C=O) groups excluding carboxylic acids is 2. The third-order valence-electron chi connectivity index (χ3n) is 6.32. The average Bonchev–Trinajstić information content (AvgIpc) is 3.21. The number of esters is 1. The Labute approximate surface area is 164 Å². The number of hydrogen-bond donors (Lipinski definition) is 3. The van der Waals surface area contributed by atoms with Gasteiger partial charge in [0.05, 0.1) is 12.5 Å². The van der Waals surface area contributed by atoms with Gasteiger partial charge in [0.15, 0.2) is 6.04 Å². The van der Waals surface area contributed by atoms with E-state index >= 15 is 0 Å². The first kappa shape index (κ1) is 20.3. The molecular weight excluding hydrogens is 360 g/mol. The Balaban J connectivity index is 1.76. The molecule has 2 saturated carbocycles. The van der Waals surface area contributed by atoms with E-state index in [9.17, 15) is 14.4 Å². The SMILES string of the molecule is CC1(C)C2CC[C@H](C2)[C@@H]1OC(=O)[C@H](NC(=O)[C@@H](N)CC(=O)O)c1ccccc1. The third kappa shape index (κ3) is 4.04. The Morgan fingerprint density at radius 2 is 1.93 bits per heavy atom. The zero-order valence-corrected chi connectivity index (χ0v) is 16.3. The maximum Gasteiger partial charge on any atom is 0.333 e. The third-order valence-corrected chi connectivity index (χ3v) is 6.32. The van der Waals surface area contributed by atoms with Crippen molar-refractivity contribution in [3.05, 3.63) is 35.9 Å². The molecule has 0 radical (unpaired) electrons. The molecule has 3 rings (SSSR count). The Hall–Kier alpha value is -2.41. The second-order valence-electron chi connectivity index (χ2n) is 8.51. The summed E-state index contributed by atoms with van der Waals surface area (Å²) in [6.45, 7) is 4.27. The lowest BCUT2D eigenvalue weighted by atomic mass is 9.74. The van der Waals surface area contributed by atoms with E-state index < -0.39 is 36.4 Å². The van der Waals surface area contributed by atoms with E-state index in [-0.39, 0.29) is 11.5 Å². The molecule has 0 aromatic heterocycles. The Bertz CT molecular complexity index is 748. The minimum absolute atomic E-state index is 0.0937. The van der Waals surface area contributed by atoms with Crippen LogP contribution in [0.1, 0.15) is 51.1 Å². The second-order valence-corrected chi connectivity index (χ2v) is 8.51. The molecule has 2 aliphatic carbocycles. The molecule has 7 heteroatoms. The zero-order chi connectivity index (χ0) is 20.5. The van der Waals surface area contributed by atoms with E-state index in [1.807, 2.05) is 6.07 Å². The maximum atomic E-state index is 13.0. The van der Waals surface area contributed by atoms with Crippen molar-refractivity contribution in [1.29, 1.82) is 0 Å². The van der Waals surface area contributed by atoms with Crippen LogP contribution in [0.2, 0.25) is 0 Å². The highest BCUT2D eigenvalue weighted by Crippen LogP contribution is 2.56. The number of amides is 1. The van der Waals surface area contributed by atoms with Crippen LogP contribution < -0.4 is 11.1 Å². The number of carboxylic acids is 1. The topological polar surface area (TPSA) is 119 Å². The van der Waals surface area contributed by atoms with Crippen LogP contribution in [-0.4, -0.2) is 35.1 Å². The molecule has 1 amide bonds. The van der Waals surface area contributed by atoms with Gasteiger partial charge in [0, 0.05) is 5.41 Å². The molecule has 4 N–H and O–H groups in total. The fourth-order valence-electron chi connectivity index (χ4n) is 4.70. The van der Waals surface area contributed by atoms with E-state index in [1.54, 1.807) is 24.3 Å². The highest BCUT2D eigenvalue weighted by atomic mass is 16.5. The Kier molecular flexibility index (Phi) is 5.74. The van der Waals surface area contributed by atoms with Gasteiger partial charge in [0.25, 0.3) is 0 Å². The number of hydrogen-bond acceptors (Lipinski definition) is 5. The van der Waals surface area contributed by atoms with Crippen LogP contribution in [0.15, 0.2) is 30.3 Å². The number of ether oxygens (including phenoxy) is 1. The summed E-state index contributed by atoms with van der Waals surface area (Å²) in [6.07, 6.45) is 2.58. The van der Waals surface area contributed by atoms with Crippen molar-refractivity contribution in [3.63, 3.8) is 0 Å². The number of rotatable bonds is 7. The molecule has 0 heterocycles. The van der Waals surface area contributed by atoms with Gasteiger partial charge in [-0.1, -0.05) is 44.2 Å². The van der Waals surface area contributed by atoms with Crippen molar-refractivity contribution in [3.8, 4) is 0 Å². The lowest BCUT2D eigenvalue weighted by Crippen LogP contribution is -2.47. The molecule has 28 heavy (non-hydrogen) atoms. The van der Waals surface area contributed by atoms with Crippen molar-refractivity contribution in [1.82, 2.24) is 5.32 Å². The Morgan fingerprint density at radius 1 is 1.25 bits per heavy atom. The molecule has 7 nitrogen and oxygen atoms in total. The molecule has 1 unspecified atom stereocenters. The number of carboxylic acid groups (broad SMARTS) is 1. The summed E-state index contributed by atoms with van der Waals surface area (Å²) in [5.41, 5.74) is 6.14. The highest BCUT2D eigenvalue weighted by molar-refractivity contribution is 5.90. The minimum atomic E-state index is -1.24. The lowest BCUT2D eigenvalue weighted by molar-refractivity contribution is -0.163. The second kappa shape index (κ2) is 7.91. The number of carbonyl (C=O) groups is 3. The number of benzene rings is 1. The smallest absolute Gasteiger partial charge is 0.333 e. The van der Waals surface area contributed by atoms with E-state index in [4.69, 9.17) is 15.6 Å². The van der Waals surface area contributed by atoms with E-state index in [2.05, 4.69) is 19.2 Å². The monoisotopic (exact) mass is 388 g/mol. The summed E-state index contributed by atoms with van der Waals surface area (Å²) in [4.78, 5) is 36.2. The summed E-state index contributed by atoms with van der Waals surface area (Å²) in [7, 11) is 0. The predicted molar refractivity (Wildman–Crippen MR) is 102 cm³/mol. The van der Waals surface area contributed by atoms with Gasteiger partial charge in [0.2, 0.25) is 5.91 Å². The van der Waals surface area contributed by atoms with Gasteiger partial charge in [-0.15, -0.1) is 0 Å². The maximum absolute atomic E-state index is 13.0. The normalized spacial score (nSPS) is 27.0. The highest BCUT2D eigenvalue weighted by Gasteiger charge is 2.55. The van der Waals surface area contributed by atoms with Crippen molar-refractivity contribution >= 4 is 17.8 Å². The molecular formula is C21H28N2O5. The molecule has 152 valence electrons. The standard InChI is InChI=1S/C21H28N2O5/c1-21(2)14-9-8-13(10-14)18(21)28-20(27)17(12-6-4-3-5-7-12)23-19(26)15(22)11-16(24)25/h3-7,13-15,17-18H,8-11,22H2,1-2H3,(H,23,26)(H,24,25)/t13-,14?,15+,17-,18+/m1/s1. The first-order valence-electron chi connectivity index (χ1n) is 9.73. The molecule has 2 bridgehead atoms. The molecule has 2 aliphatic rings. The van der Waals surface area contributed by atoms with Crippen LogP contribution in [0.4, 0.5) is 0 Å². The number of aliphatic carboxylic acids is 1. The van der Waals surface area contributed by atoms with Crippen LogP contribution in [-0.2, 0) is 19.1 Å². The molecule has 5 atom stereocenters. The van der Waals surface area contributed by atoms with Crippen LogP contribution in [0.5, 0.6) is 0 Å². The lowest BCUT2D eigenvalue weighted by Gasteiger charge is -2.38. The summed E-state index contributed by atoms with van der Waals surface area (Å²) >= 11 is 0. The Morgan fingerprint density at radius 3 is 2.50 bits per heavy atom. The van der Waals surface area contributed by atoms with Crippen molar-refractivity contribution in [2.45, 2.75) is 57.7 Å². The van der Waals surface area contributed by atoms with Crippen molar-refractivity contribution < 1.29 is 24.2 Å². The largest absolute Gasteiger partial charge is 0.481 e. The number of fused-ring (bicyclic) bond motifs is 2. The van der Waals surface area contributed by atoms with Crippen molar-refractivity contribution in [2.75, 3.05) is 0 Å². The average molecular weight is 388 g/mol. The first-order valence-corrected chi connectivity index (χ1v) is 9.73. The first-order chi connectivity index (χ1) is 13.2. The van der Waals surface area contributed by atoms with Gasteiger partial charge in [-0.3, -0.25) is 9.59 Å². The number of nitrogens with one attached hydrogen (secondary N) is 1. The van der Waals surface area contributed by atoms with Crippen molar-refractivity contribution in [2.24, 2.45) is 23.0 Å². The fourth-order valence-corrected chi connectivity index (χ4v) is 4.70. The van der Waals surface area contributed by atoms with Crippen LogP contribution in [0, 0.1) is 17.3 Å². The molecule has 1 aromatic rings. The molecule has 0 saturated heterocycles. The summed E-state index contributed by atoms with van der Waals surface area (Å²) < 4.78 is 5.93. The zero-order valence-electron chi connectivity index (χ0n) is 16.3. The van der Waals surface area contributed by atoms with Gasteiger partial charge >= 0.3 is 11.9 Å². The van der Waals surface area contributed by atoms with Crippen LogP contribution >= 0.6 is 0 Å². The predicted octanol–water partition coefficient (Wildman–Crippen LogP) is 2.01. The fraction of sp³-hybridized carbons (Fsp3) is 0.571. The van der Waals surface area contributed by atoms with Gasteiger partial charge in [-0.2, -0.15) is 0 Å². The van der Waals surface area contributed by atoms with E-state index in [0.717, 1.165) is 19.3 Å². The van der Waals surface area contributed by atoms with E-state index in [0.29, 0.717) is 17.4 Å². The van der Waals surface area contributed by atoms with Crippen LogP contribution in [0.3, 0.4) is 0 Å². The van der Waals surface area contributed by atoms with Gasteiger partial charge in [-0.25, -0.2) is 4.79 Å². The number of nitrogens with two attached hydrogens (primary N) is 1. The summed E-state index contributed by atoms with van der Waals surface area (Å²) in [5.74, 6) is -1.51. The molecule has 0 aliphatic heterocycles. The summed E-state index contributed by atoms with van der Waals surface area (Å²) in [5, 5.41) is 11.4. The van der Waals surface area contributed by atoms with Crippen LogP contribution in [0.25, 0.3) is 0 Å². The molecule has 1 aromatic carbocycles. The van der Waals surface area contributed by atoms with Gasteiger partial charge in [0.1, 0.15) is 6.10 Å².